The topological polar surface area (TPSA) is 37.8 Å². The summed E-state index contributed by atoms with van der Waals surface area (Å²) in [5.74, 6) is 0. The predicted octanol–water partition coefficient (Wildman–Crippen LogP) is 3.10. The molecule has 3 nitrogen and oxygen atoms in total. The van der Waals surface area contributed by atoms with Gasteiger partial charge in [0, 0.05) is 31.2 Å². The van der Waals surface area contributed by atoms with Crippen LogP contribution in [0.1, 0.15) is 57.7 Å². The fraction of sp³-hybridized carbons (Fsp3) is 0.714. The van der Waals surface area contributed by atoms with E-state index in [0.29, 0.717) is 11.5 Å². The first-order valence-electron chi connectivity index (χ1n) is 6.75. The van der Waals surface area contributed by atoms with Gasteiger partial charge in [-0.15, -0.1) is 0 Å². The molecule has 2 rings (SSSR count). The van der Waals surface area contributed by atoms with Crippen molar-refractivity contribution in [2.24, 2.45) is 5.41 Å². The summed E-state index contributed by atoms with van der Waals surface area (Å²) in [5.41, 5.74) is 1.58. The molecule has 1 aromatic heterocycles. The molecule has 0 saturated heterocycles. The summed E-state index contributed by atoms with van der Waals surface area (Å²) >= 11 is 0. The molecule has 1 unspecified atom stereocenters. The molecule has 1 aromatic rings. The van der Waals surface area contributed by atoms with Crippen LogP contribution in [0.15, 0.2) is 18.6 Å². The molecule has 94 valence electrons. The summed E-state index contributed by atoms with van der Waals surface area (Å²) in [6, 6.07) is 0.299. The van der Waals surface area contributed by atoms with Gasteiger partial charge in [0.15, 0.2) is 0 Å². The standard InChI is InChI=1S/C14H23N3/c1-3-14(6-4-5-7-14)11-17-12(2)13-10-15-8-9-16-13/h8-10,12,17H,3-7,11H2,1-2H3. The zero-order valence-corrected chi connectivity index (χ0v) is 10.9. The van der Waals surface area contributed by atoms with E-state index in [1.807, 2.05) is 6.20 Å². The molecule has 1 atom stereocenters. The zero-order chi connectivity index (χ0) is 12.1. The van der Waals surface area contributed by atoms with Gasteiger partial charge in [-0.3, -0.25) is 9.97 Å². The van der Waals surface area contributed by atoms with Gasteiger partial charge < -0.3 is 5.32 Å². The summed E-state index contributed by atoms with van der Waals surface area (Å²) in [6.45, 7) is 5.60. The molecular weight excluding hydrogens is 210 g/mol. The van der Waals surface area contributed by atoms with Gasteiger partial charge in [-0.1, -0.05) is 19.8 Å². The lowest BCUT2D eigenvalue weighted by atomic mass is 9.83. The van der Waals surface area contributed by atoms with Crippen LogP contribution in [0.25, 0.3) is 0 Å². The van der Waals surface area contributed by atoms with Crippen molar-refractivity contribution in [3.05, 3.63) is 24.3 Å². The smallest absolute Gasteiger partial charge is 0.0753 e. The second-order valence-corrected chi connectivity index (χ2v) is 5.29. The van der Waals surface area contributed by atoms with Crippen LogP contribution in [0.2, 0.25) is 0 Å². The van der Waals surface area contributed by atoms with Crippen molar-refractivity contribution in [2.45, 2.75) is 52.0 Å². The fourth-order valence-corrected chi connectivity index (χ4v) is 2.79. The van der Waals surface area contributed by atoms with Crippen molar-refractivity contribution in [2.75, 3.05) is 6.54 Å². The van der Waals surface area contributed by atoms with Crippen molar-refractivity contribution in [1.29, 1.82) is 0 Å². The quantitative estimate of drug-likeness (QED) is 0.849. The Labute approximate surface area is 104 Å². The first-order chi connectivity index (χ1) is 8.26. The maximum absolute atomic E-state index is 4.35. The maximum Gasteiger partial charge on any atom is 0.0753 e. The van der Waals surface area contributed by atoms with Crippen molar-refractivity contribution >= 4 is 0 Å². The van der Waals surface area contributed by atoms with E-state index in [2.05, 4.69) is 29.1 Å². The molecule has 1 aliphatic carbocycles. The van der Waals surface area contributed by atoms with Crippen molar-refractivity contribution < 1.29 is 0 Å². The SMILES string of the molecule is CCC1(CNC(C)c2cnccn2)CCCC1. The Balaban J connectivity index is 1.89. The normalized spacial score (nSPS) is 20.4. The lowest BCUT2D eigenvalue weighted by Gasteiger charge is -2.29. The van der Waals surface area contributed by atoms with E-state index in [9.17, 15) is 0 Å². The van der Waals surface area contributed by atoms with Crippen LogP contribution in [0.5, 0.6) is 0 Å². The Kier molecular flexibility index (Phi) is 4.11. The Morgan fingerprint density at radius 1 is 1.35 bits per heavy atom. The van der Waals surface area contributed by atoms with Gasteiger partial charge in [-0.25, -0.2) is 0 Å². The van der Waals surface area contributed by atoms with Crippen LogP contribution in [0, 0.1) is 5.41 Å². The van der Waals surface area contributed by atoms with E-state index < -0.39 is 0 Å². The van der Waals surface area contributed by atoms with Crippen LogP contribution in [-0.2, 0) is 0 Å². The van der Waals surface area contributed by atoms with Gasteiger partial charge in [-0.2, -0.15) is 0 Å². The number of hydrogen-bond acceptors (Lipinski definition) is 3. The van der Waals surface area contributed by atoms with Gasteiger partial charge >= 0.3 is 0 Å². The van der Waals surface area contributed by atoms with Crippen LogP contribution in [0.4, 0.5) is 0 Å². The Bertz CT molecular complexity index is 331. The third-order valence-corrected chi connectivity index (χ3v) is 4.22. The minimum absolute atomic E-state index is 0.299. The van der Waals surface area contributed by atoms with E-state index in [4.69, 9.17) is 0 Å². The molecule has 0 aromatic carbocycles. The molecule has 1 N–H and O–H groups in total. The summed E-state index contributed by atoms with van der Waals surface area (Å²) < 4.78 is 0. The number of aromatic nitrogens is 2. The summed E-state index contributed by atoms with van der Waals surface area (Å²) in [7, 11) is 0. The number of nitrogens with one attached hydrogen (secondary N) is 1. The summed E-state index contributed by atoms with van der Waals surface area (Å²) in [5, 5.41) is 3.63. The van der Waals surface area contributed by atoms with E-state index in [1.54, 1.807) is 12.4 Å². The Morgan fingerprint density at radius 2 is 2.12 bits per heavy atom. The summed E-state index contributed by atoms with van der Waals surface area (Å²) in [4.78, 5) is 8.47. The lowest BCUT2D eigenvalue weighted by Crippen LogP contribution is -2.33. The molecule has 1 aliphatic rings. The number of hydrogen-bond donors (Lipinski definition) is 1. The number of rotatable bonds is 5. The molecule has 0 radical (unpaired) electrons. The van der Waals surface area contributed by atoms with E-state index in [-0.39, 0.29) is 0 Å². The first-order valence-corrected chi connectivity index (χ1v) is 6.75. The Morgan fingerprint density at radius 3 is 2.71 bits per heavy atom. The second kappa shape index (κ2) is 5.58. The van der Waals surface area contributed by atoms with E-state index in [1.165, 1.54) is 32.1 Å². The molecule has 1 saturated carbocycles. The highest BCUT2D eigenvalue weighted by molar-refractivity contribution is 5.01. The first kappa shape index (κ1) is 12.5. The van der Waals surface area contributed by atoms with Crippen molar-refractivity contribution in [1.82, 2.24) is 15.3 Å². The van der Waals surface area contributed by atoms with Crippen LogP contribution in [0.3, 0.4) is 0 Å². The van der Waals surface area contributed by atoms with Crippen molar-refractivity contribution in [3.63, 3.8) is 0 Å². The summed E-state index contributed by atoms with van der Waals surface area (Å²) in [6.07, 6.45) is 12.2. The van der Waals surface area contributed by atoms with E-state index in [0.717, 1.165) is 12.2 Å². The van der Waals surface area contributed by atoms with Crippen LogP contribution in [-0.4, -0.2) is 16.5 Å². The fourth-order valence-electron chi connectivity index (χ4n) is 2.79. The highest BCUT2D eigenvalue weighted by atomic mass is 15.0. The molecule has 3 heteroatoms. The monoisotopic (exact) mass is 233 g/mol. The molecule has 0 bridgehead atoms. The third kappa shape index (κ3) is 3.03. The van der Waals surface area contributed by atoms with Crippen LogP contribution < -0.4 is 5.32 Å². The second-order valence-electron chi connectivity index (χ2n) is 5.29. The van der Waals surface area contributed by atoms with Gasteiger partial charge in [0.1, 0.15) is 0 Å². The largest absolute Gasteiger partial charge is 0.308 e. The molecular formula is C14H23N3. The van der Waals surface area contributed by atoms with Gasteiger partial charge in [0.05, 0.1) is 5.69 Å². The van der Waals surface area contributed by atoms with Gasteiger partial charge in [-0.05, 0) is 31.6 Å². The highest BCUT2D eigenvalue weighted by Gasteiger charge is 2.31. The zero-order valence-electron chi connectivity index (χ0n) is 10.9. The molecule has 17 heavy (non-hydrogen) atoms. The van der Waals surface area contributed by atoms with Crippen molar-refractivity contribution in [3.8, 4) is 0 Å². The molecule has 0 aliphatic heterocycles. The molecule has 1 fully saturated rings. The molecule has 0 amide bonds. The van der Waals surface area contributed by atoms with Gasteiger partial charge in [0.25, 0.3) is 0 Å². The average molecular weight is 233 g/mol. The maximum atomic E-state index is 4.35. The lowest BCUT2D eigenvalue weighted by molar-refractivity contribution is 0.258. The van der Waals surface area contributed by atoms with E-state index >= 15 is 0 Å². The average Bonchev–Trinajstić information content (AvgIpc) is 2.86. The third-order valence-electron chi connectivity index (χ3n) is 4.22. The minimum Gasteiger partial charge on any atom is -0.308 e. The van der Waals surface area contributed by atoms with Crippen LogP contribution >= 0.6 is 0 Å². The molecule has 1 heterocycles. The Hall–Kier alpha value is -0.960. The predicted molar refractivity (Wildman–Crippen MR) is 69.6 cm³/mol. The highest BCUT2D eigenvalue weighted by Crippen LogP contribution is 2.40. The molecule has 0 spiro atoms. The minimum atomic E-state index is 0.299. The van der Waals surface area contributed by atoms with Gasteiger partial charge in [0.2, 0.25) is 0 Å². The number of nitrogens with zero attached hydrogens (tertiary/aromatic N) is 2.